The van der Waals surface area contributed by atoms with Gasteiger partial charge in [0.25, 0.3) is 0 Å². The SMILES string of the molecule is CC(C)(C)C(=O)OCC(=O)c1ccco1. The first-order valence-corrected chi connectivity index (χ1v) is 4.65. The number of carbonyl (C=O) groups is 2. The second kappa shape index (κ2) is 4.29. The minimum Gasteiger partial charge on any atom is -0.461 e. The second-order valence-corrected chi connectivity index (χ2v) is 4.23. The Kier molecular flexibility index (Phi) is 3.29. The van der Waals surface area contributed by atoms with Crippen molar-refractivity contribution in [3.63, 3.8) is 0 Å². The molecule has 0 saturated heterocycles. The Morgan fingerprint density at radius 2 is 2.07 bits per heavy atom. The van der Waals surface area contributed by atoms with Crippen LogP contribution in [0, 0.1) is 5.41 Å². The van der Waals surface area contributed by atoms with Crippen LogP contribution in [0.1, 0.15) is 31.3 Å². The van der Waals surface area contributed by atoms with Crippen LogP contribution < -0.4 is 0 Å². The number of hydrogen-bond acceptors (Lipinski definition) is 4. The first-order chi connectivity index (χ1) is 6.91. The third kappa shape index (κ3) is 3.23. The highest BCUT2D eigenvalue weighted by Crippen LogP contribution is 2.15. The minimum absolute atomic E-state index is 0.205. The monoisotopic (exact) mass is 210 g/mol. The molecule has 4 heteroatoms. The maximum Gasteiger partial charge on any atom is 0.311 e. The van der Waals surface area contributed by atoms with Crippen molar-refractivity contribution in [2.24, 2.45) is 5.41 Å². The maximum atomic E-state index is 11.4. The van der Waals surface area contributed by atoms with Crippen LogP contribution in [0.15, 0.2) is 22.8 Å². The molecule has 4 nitrogen and oxygen atoms in total. The molecule has 0 amide bonds. The highest BCUT2D eigenvalue weighted by molar-refractivity contribution is 5.95. The summed E-state index contributed by atoms with van der Waals surface area (Å²) in [5, 5.41) is 0. The van der Waals surface area contributed by atoms with E-state index in [1.165, 1.54) is 12.3 Å². The van der Waals surface area contributed by atoms with E-state index in [0.29, 0.717) is 0 Å². The van der Waals surface area contributed by atoms with Crippen LogP contribution >= 0.6 is 0 Å². The molecule has 0 aliphatic carbocycles. The van der Waals surface area contributed by atoms with Crippen LogP contribution in [0.3, 0.4) is 0 Å². The maximum absolute atomic E-state index is 11.4. The van der Waals surface area contributed by atoms with Crippen LogP contribution in [0.4, 0.5) is 0 Å². The predicted molar refractivity (Wildman–Crippen MR) is 53.5 cm³/mol. The predicted octanol–water partition coefficient (Wildman–Crippen LogP) is 2.05. The lowest BCUT2D eigenvalue weighted by Crippen LogP contribution is -2.25. The van der Waals surface area contributed by atoms with Crippen LogP contribution in [-0.2, 0) is 9.53 Å². The average molecular weight is 210 g/mol. The molecule has 0 fully saturated rings. The number of hydrogen-bond donors (Lipinski definition) is 0. The molecule has 0 bridgehead atoms. The molecular weight excluding hydrogens is 196 g/mol. The van der Waals surface area contributed by atoms with Gasteiger partial charge in [0.2, 0.25) is 5.78 Å². The number of carbonyl (C=O) groups excluding carboxylic acids is 2. The zero-order valence-electron chi connectivity index (χ0n) is 9.07. The van der Waals surface area contributed by atoms with E-state index in [2.05, 4.69) is 0 Å². The van der Waals surface area contributed by atoms with Crippen molar-refractivity contribution >= 4 is 11.8 Å². The van der Waals surface area contributed by atoms with Gasteiger partial charge in [-0.25, -0.2) is 0 Å². The fourth-order valence-electron chi connectivity index (χ4n) is 0.856. The van der Waals surface area contributed by atoms with E-state index in [1.54, 1.807) is 26.8 Å². The molecular formula is C11H14O4. The van der Waals surface area contributed by atoms with Gasteiger partial charge >= 0.3 is 5.97 Å². The lowest BCUT2D eigenvalue weighted by Gasteiger charge is -2.15. The lowest BCUT2D eigenvalue weighted by atomic mass is 9.97. The molecule has 1 heterocycles. The summed E-state index contributed by atoms with van der Waals surface area (Å²) in [6.45, 7) is 4.91. The fourth-order valence-corrected chi connectivity index (χ4v) is 0.856. The molecule has 0 aliphatic rings. The number of ketones is 1. The standard InChI is InChI=1S/C11H14O4/c1-11(2,3)10(13)15-7-8(12)9-5-4-6-14-9/h4-6H,7H2,1-3H3. The summed E-state index contributed by atoms with van der Waals surface area (Å²) in [5.41, 5.74) is -0.594. The number of rotatable bonds is 3. The number of esters is 1. The van der Waals surface area contributed by atoms with Crippen LogP contribution in [0.25, 0.3) is 0 Å². The lowest BCUT2D eigenvalue weighted by molar-refractivity contribution is -0.151. The van der Waals surface area contributed by atoms with Crippen molar-refractivity contribution in [1.82, 2.24) is 0 Å². The van der Waals surface area contributed by atoms with Crippen molar-refractivity contribution in [3.05, 3.63) is 24.2 Å². The largest absolute Gasteiger partial charge is 0.461 e. The number of Topliss-reactive ketones (excluding diaryl/α,β-unsaturated/α-hetero) is 1. The number of furan rings is 1. The Morgan fingerprint density at radius 1 is 1.40 bits per heavy atom. The van der Waals surface area contributed by atoms with Gasteiger partial charge in [-0.05, 0) is 32.9 Å². The molecule has 82 valence electrons. The summed E-state index contributed by atoms with van der Waals surface area (Å²) in [7, 11) is 0. The number of ether oxygens (including phenoxy) is 1. The van der Waals surface area contributed by atoms with Crippen molar-refractivity contribution in [2.45, 2.75) is 20.8 Å². The molecule has 0 spiro atoms. The van der Waals surface area contributed by atoms with Crippen LogP contribution in [-0.4, -0.2) is 18.4 Å². The van der Waals surface area contributed by atoms with Crippen molar-refractivity contribution in [3.8, 4) is 0 Å². The fraction of sp³-hybridized carbons (Fsp3) is 0.455. The average Bonchev–Trinajstić information content (AvgIpc) is 2.64. The van der Waals surface area contributed by atoms with Gasteiger partial charge in [0.1, 0.15) is 0 Å². The van der Waals surface area contributed by atoms with E-state index in [1.807, 2.05) is 0 Å². The van der Waals surface area contributed by atoms with E-state index >= 15 is 0 Å². The van der Waals surface area contributed by atoms with E-state index in [9.17, 15) is 9.59 Å². The first kappa shape index (κ1) is 11.5. The topological polar surface area (TPSA) is 56.5 Å². The van der Waals surface area contributed by atoms with Crippen molar-refractivity contribution < 1.29 is 18.7 Å². The summed E-state index contributed by atoms with van der Waals surface area (Å²) in [5.74, 6) is -0.531. The van der Waals surface area contributed by atoms with E-state index in [0.717, 1.165) is 0 Å². The van der Waals surface area contributed by atoms with Gasteiger partial charge in [0.15, 0.2) is 12.4 Å². The van der Waals surface area contributed by atoms with Gasteiger partial charge in [-0.3, -0.25) is 9.59 Å². The molecule has 15 heavy (non-hydrogen) atoms. The summed E-state index contributed by atoms with van der Waals surface area (Å²) < 4.78 is 9.72. The first-order valence-electron chi connectivity index (χ1n) is 4.65. The third-order valence-corrected chi connectivity index (χ3v) is 1.74. The van der Waals surface area contributed by atoms with E-state index in [-0.39, 0.29) is 18.2 Å². The van der Waals surface area contributed by atoms with Crippen molar-refractivity contribution in [2.75, 3.05) is 6.61 Å². The summed E-state index contributed by atoms with van der Waals surface area (Å²) in [6, 6.07) is 3.14. The molecule has 1 rings (SSSR count). The Labute approximate surface area is 88.2 Å². The zero-order chi connectivity index (χ0) is 11.5. The quantitative estimate of drug-likeness (QED) is 0.566. The van der Waals surface area contributed by atoms with Gasteiger partial charge in [0.05, 0.1) is 11.7 Å². The zero-order valence-corrected chi connectivity index (χ0v) is 9.07. The Hall–Kier alpha value is -1.58. The summed E-state index contributed by atoms with van der Waals surface area (Å²) >= 11 is 0. The van der Waals surface area contributed by atoms with Gasteiger partial charge in [0, 0.05) is 0 Å². The van der Waals surface area contributed by atoms with Gasteiger partial charge in [-0.1, -0.05) is 0 Å². The minimum atomic E-state index is -0.594. The van der Waals surface area contributed by atoms with Gasteiger partial charge < -0.3 is 9.15 Å². The molecule has 0 N–H and O–H groups in total. The van der Waals surface area contributed by atoms with Crippen LogP contribution in [0.5, 0.6) is 0 Å². The molecule has 1 aromatic heterocycles. The highest BCUT2D eigenvalue weighted by atomic mass is 16.5. The van der Waals surface area contributed by atoms with E-state index < -0.39 is 11.4 Å². The Bertz CT molecular complexity index is 343. The molecule has 0 aromatic carbocycles. The molecule has 0 aliphatic heterocycles. The highest BCUT2D eigenvalue weighted by Gasteiger charge is 2.24. The Morgan fingerprint density at radius 3 is 2.53 bits per heavy atom. The normalized spacial score (nSPS) is 11.1. The molecule has 1 aromatic rings. The molecule has 0 atom stereocenters. The van der Waals surface area contributed by atoms with Gasteiger partial charge in [-0.2, -0.15) is 0 Å². The molecule has 0 radical (unpaired) electrons. The molecule has 0 unspecified atom stereocenters. The third-order valence-electron chi connectivity index (χ3n) is 1.74. The van der Waals surface area contributed by atoms with Crippen LogP contribution in [0.2, 0.25) is 0 Å². The summed E-state index contributed by atoms with van der Waals surface area (Å²) in [4.78, 5) is 22.7. The van der Waals surface area contributed by atoms with Crippen molar-refractivity contribution in [1.29, 1.82) is 0 Å². The second-order valence-electron chi connectivity index (χ2n) is 4.23. The smallest absolute Gasteiger partial charge is 0.311 e. The summed E-state index contributed by atoms with van der Waals surface area (Å²) in [6.07, 6.45) is 1.40. The Balaban J connectivity index is 2.45. The molecule has 0 saturated carbocycles. The van der Waals surface area contributed by atoms with Gasteiger partial charge in [-0.15, -0.1) is 0 Å². The van der Waals surface area contributed by atoms with E-state index in [4.69, 9.17) is 9.15 Å².